The Kier molecular flexibility index (Phi) is 5.76. The molecule has 1 aromatic carbocycles. The van der Waals surface area contributed by atoms with Crippen molar-refractivity contribution in [3.8, 4) is 11.3 Å². The van der Waals surface area contributed by atoms with Crippen LogP contribution in [0.25, 0.3) is 11.3 Å². The highest BCUT2D eigenvalue weighted by molar-refractivity contribution is 5.94. The van der Waals surface area contributed by atoms with Gasteiger partial charge in [0.05, 0.1) is 11.3 Å². The van der Waals surface area contributed by atoms with Crippen LogP contribution in [-0.2, 0) is 0 Å². The Balaban J connectivity index is 1.51. The molecule has 0 radical (unpaired) electrons. The molecule has 1 aromatic heterocycles. The number of aromatic nitrogens is 1. The Bertz CT molecular complexity index is 709. The molecule has 1 aliphatic rings. The van der Waals surface area contributed by atoms with Crippen molar-refractivity contribution in [3.05, 3.63) is 54.0 Å². The van der Waals surface area contributed by atoms with E-state index in [9.17, 15) is 9.18 Å². The maximum atomic E-state index is 13.3. The first-order chi connectivity index (χ1) is 12.1. The second kappa shape index (κ2) is 8.21. The van der Waals surface area contributed by atoms with E-state index >= 15 is 0 Å². The molecular weight excluding hydrogens is 317 g/mol. The van der Waals surface area contributed by atoms with Crippen LogP contribution in [0.2, 0.25) is 0 Å². The van der Waals surface area contributed by atoms with Gasteiger partial charge in [0, 0.05) is 18.3 Å². The van der Waals surface area contributed by atoms with Gasteiger partial charge < -0.3 is 10.2 Å². The number of nitrogens with one attached hydrogen (secondary N) is 1. The number of hydrogen-bond acceptors (Lipinski definition) is 3. The lowest BCUT2D eigenvalue weighted by Crippen LogP contribution is -2.32. The fraction of sp³-hybridized carbons (Fsp3) is 0.400. The van der Waals surface area contributed by atoms with Crippen LogP contribution in [0.4, 0.5) is 4.39 Å². The molecule has 5 heteroatoms. The number of pyridine rings is 1. The second-order valence-electron chi connectivity index (χ2n) is 6.73. The van der Waals surface area contributed by atoms with Gasteiger partial charge in [-0.2, -0.15) is 0 Å². The lowest BCUT2D eigenvalue weighted by Gasteiger charge is -2.28. The normalized spacial score (nSPS) is 15.9. The van der Waals surface area contributed by atoms with Gasteiger partial charge in [-0.05, 0) is 69.6 Å². The minimum Gasteiger partial charge on any atom is -0.352 e. The number of carbonyl (C=O) groups is 1. The number of amides is 1. The summed E-state index contributed by atoms with van der Waals surface area (Å²) in [6.07, 6.45) is 4.98. The Hall–Kier alpha value is -2.27. The molecule has 132 valence electrons. The third kappa shape index (κ3) is 4.86. The number of benzene rings is 1. The number of halogens is 1. The summed E-state index contributed by atoms with van der Waals surface area (Å²) in [5.74, 6) is 0.297. The van der Waals surface area contributed by atoms with Gasteiger partial charge in [0.25, 0.3) is 5.91 Å². The summed E-state index contributed by atoms with van der Waals surface area (Å²) in [7, 11) is 2.15. The van der Waals surface area contributed by atoms with E-state index in [4.69, 9.17) is 0 Å². The Morgan fingerprint density at radius 3 is 2.76 bits per heavy atom. The van der Waals surface area contributed by atoms with Gasteiger partial charge in [-0.3, -0.25) is 9.78 Å². The smallest absolute Gasteiger partial charge is 0.252 e. The average Bonchev–Trinajstić information content (AvgIpc) is 2.63. The zero-order valence-electron chi connectivity index (χ0n) is 14.5. The largest absolute Gasteiger partial charge is 0.352 e. The monoisotopic (exact) mass is 341 g/mol. The first-order valence-electron chi connectivity index (χ1n) is 8.80. The molecule has 0 saturated carbocycles. The molecule has 0 atom stereocenters. The quantitative estimate of drug-likeness (QED) is 0.907. The molecule has 1 aliphatic heterocycles. The second-order valence-corrected chi connectivity index (χ2v) is 6.73. The molecule has 1 amide bonds. The van der Waals surface area contributed by atoms with Crippen LogP contribution in [0, 0.1) is 11.7 Å². The van der Waals surface area contributed by atoms with Gasteiger partial charge in [0.1, 0.15) is 5.82 Å². The number of piperidine rings is 1. The van der Waals surface area contributed by atoms with E-state index in [2.05, 4.69) is 22.2 Å². The maximum Gasteiger partial charge on any atom is 0.252 e. The van der Waals surface area contributed by atoms with Crippen LogP contribution in [0.5, 0.6) is 0 Å². The van der Waals surface area contributed by atoms with Crippen molar-refractivity contribution in [2.75, 3.05) is 26.7 Å². The van der Waals surface area contributed by atoms with Crippen molar-refractivity contribution in [3.63, 3.8) is 0 Å². The zero-order chi connectivity index (χ0) is 17.6. The third-order valence-electron chi connectivity index (χ3n) is 4.82. The summed E-state index contributed by atoms with van der Waals surface area (Å²) in [6, 6.07) is 9.76. The van der Waals surface area contributed by atoms with Crippen LogP contribution in [0.3, 0.4) is 0 Å². The van der Waals surface area contributed by atoms with Crippen molar-refractivity contribution in [2.24, 2.45) is 5.92 Å². The van der Waals surface area contributed by atoms with Crippen molar-refractivity contribution >= 4 is 5.91 Å². The van der Waals surface area contributed by atoms with Crippen molar-refractivity contribution in [1.82, 2.24) is 15.2 Å². The molecular formula is C20H24FN3O. The van der Waals surface area contributed by atoms with Gasteiger partial charge in [-0.15, -0.1) is 0 Å². The molecule has 0 unspecified atom stereocenters. The molecule has 2 aromatic rings. The first-order valence-corrected chi connectivity index (χ1v) is 8.80. The van der Waals surface area contributed by atoms with Gasteiger partial charge in [0.15, 0.2) is 0 Å². The summed E-state index contributed by atoms with van der Waals surface area (Å²) < 4.78 is 13.3. The van der Waals surface area contributed by atoms with Crippen molar-refractivity contribution < 1.29 is 9.18 Å². The lowest BCUT2D eigenvalue weighted by atomic mass is 9.94. The molecule has 3 rings (SSSR count). The maximum absolute atomic E-state index is 13.3. The van der Waals surface area contributed by atoms with Gasteiger partial charge in [-0.1, -0.05) is 12.1 Å². The fourth-order valence-corrected chi connectivity index (χ4v) is 3.19. The molecule has 25 heavy (non-hydrogen) atoms. The van der Waals surface area contributed by atoms with Crippen LogP contribution < -0.4 is 5.32 Å². The fourth-order valence-electron chi connectivity index (χ4n) is 3.19. The molecule has 1 fully saturated rings. The summed E-state index contributed by atoms with van der Waals surface area (Å²) in [5, 5.41) is 2.97. The van der Waals surface area contributed by atoms with Crippen LogP contribution in [-0.4, -0.2) is 42.5 Å². The highest BCUT2D eigenvalue weighted by Gasteiger charge is 2.16. The van der Waals surface area contributed by atoms with E-state index in [0.29, 0.717) is 29.3 Å². The van der Waals surface area contributed by atoms with Crippen LogP contribution in [0.15, 0.2) is 42.6 Å². The molecule has 0 bridgehead atoms. The van der Waals surface area contributed by atoms with Crippen molar-refractivity contribution in [1.29, 1.82) is 0 Å². The van der Waals surface area contributed by atoms with E-state index in [1.807, 2.05) is 0 Å². The SMILES string of the molecule is CN1CCC(CCNC(=O)c2ccc(-c3cccc(F)c3)nc2)CC1. The average molecular weight is 341 g/mol. The number of rotatable bonds is 5. The third-order valence-corrected chi connectivity index (χ3v) is 4.82. The van der Waals surface area contributed by atoms with Gasteiger partial charge >= 0.3 is 0 Å². The predicted molar refractivity (Wildman–Crippen MR) is 96.8 cm³/mol. The zero-order valence-corrected chi connectivity index (χ0v) is 14.5. The molecule has 2 heterocycles. The molecule has 1 N–H and O–H groups in total. The van der Waals surface area contributed by atoms with Gasteiger partial charge in [-0.25, -0.2) is 4.39 Å². The van der Waals surface area contributed by atoms with Gasteiger partial charge in [0.2, 0.25) is 0 Å². The minimum atomic E-state index is -0.296. The molecule has 0 spiro atoms. The summed E-state index contributed by atoms with van der Waals surface area (Å²) >= 11 is 0. The highest BCUT2D eigenvalue weighted by atomic mass is 19.1. The molecule has 1 saturated heterocycles. The van der Waals surface area contributed by atoms with E-state index in [0.717, 1.165) is 19.5 Å². The van der Waals surface area contributed by atoms with Crippen molar-refractivity contribution in [2.45, 2.75) is 19.3 Å². The Morgan fingerprint density at radius 1 is 1.28 bits per heavy atom. The summed E-state index contributed by atoms with van der Waals surface area (Å²) in [4.78, 5) is 18.9. The first kappa shape index (κ1) is 17.5. The lowest BCUT2D eigenvalue weighted by molar-refractivity contribution is 0.0948. The summed E-state index contributed by atoms with van der Waals surface area (Å²) in [5.41, 5.74) is 1.89. The predicted octanol–water partition coefficient (Wildman–Crippen LogP) is 3.35. The standard InChI is InChI=1S/C20H24FN3O/c1-24-11-8-15(9-12-24)7-10-22-20(25)17-5-6-19(23-14-17)16-3-2-4-18(21)13-16/h2-6,13-15H,7-12H2,1H3,(H,22,25). The van der Waals surface area contributed by atoms with E-state index in [1.165, 1.54) is 25.0 Å². The molecule has 0 aliphatic carbocycles. The topological polar surface area (TPSA) is 45.2 Å². The summed E-state index contributed by atoms with van der Waals surface area (Å²) in [6.45, 7) is 2.98. The Morgan fingerprint density at radius 2 is 2.08 bits per heavy atom. The van der Waals surface area contributed by atoms with E-state index in [1.54, 1.807) is 30.5 Å². The molecule has 4 nitrogen and oxygen atoms in total. The minimum absolute atomic E-state index is 0.105. The van der Waals surface area contributed by atoms with Crippen LogP contribution >= 0.6 is 0 Å². The van der Waals surface area contributed by atoms with Crippen LogP contribution in [0.1, 0.15) is 29.6 Å². The number of carbonyl (C=O) groups excluding carboxylic acids is 1. The highest BCUT2D eigenvalue weighted by Crippen LogP contribution is 2.19. The van der Waals surface area contributed by atoms with E-state index < -0.39 is 0 Å². The number of nitrogens with zero attached hydrogens (tertiary/aromatic N) is 2. The van der Waals surface area contributed by atoms with E-state index in [-0.39, 0.29) is 11.7 Å². The number of likely N-dealkylation sites (tertiary alicyclic amines) is 1. The number of hydrogen-bond donors (Lipinski definition) is 1. The Labute approximate surface area is 148 Å².